The molecule has 3 heteroatoms. The van der Waals surface area contributed by atoms with Crippen LogP contribution in [0.4, 0.5) is 0 Å². The first kappa shape index (κ1) is 11.9. The van der Waals surface area contributed by atoms with E-state index in [0.717, 1.165) is 5.92 Å². The molecule has 0 atom stereocenters. The third-order valence-corrected chi connectivity index (χ3v) is 4.51. The second-order valence-electron chi connectivity index (χ2n) is 4.82. The number of carbonyl (C=O) groups is 1. The zero-order chi connectivity index (χ0) is 10.8. The Balaban J connectivity index is 2.41. The summed E-state index contributed by atoms with van der Waals surface area (Å²) in [4.78, 5) is 10.9. The predicted octanol–water partition coefficient (Wildman–Crippen LogP) is 3.16. The van der Waals surface area contributed by atoms with E-state index >= 15 is 0 Å². The van der Waals surface area contributed by atoms with Crippen molar-refractivity contribution in [3.8, 4) is 0 Å². The summed E-state index contributed by atoms with van der Waals surface area (Å²) in [5.41, 5.74) is 0. The molecule has 2 nitrogen and oxygen atoms in total. The van der Waals surface area contributed by atoms with E-state index in [2.05, 4.69) is 6.92 Å². The van der Waals surface area contributed by atoms with Crippen molar-refractivity contribution in [3.63, 3.8) is 0 Å². The van der Waals surface area contributed by atoms with E-state index in [1.54, 1.807) is 25.6 Å². The highest BCUT2D eigenvalue weighted by molar-refractivity contribution is 8.01. The standard InChI is InChI=1S/C11H20O2S/c1-8-4-6-9(7-5-8)14-11(2,3)10(12)13/h8-9H,4-7H2,1-3H3,(H,12,13). The molecule has 1 aliphatic rings. The summed E-state index contributed by atoms with van der Waals surface area (Å²) in [5.74, 6) is 0.140. The lowest BCUT2D eigenvalue weighted by molar-refractivity contribution is -0.138. The van der Waals surface area contributed by atoms with Gasteiger partial charge in [-0.3, -0.25) is 4.79 Å². The summed E-state index contributed by atoms with van der Waals surface area (Å²) in [5, 5.41) is 9.56. The molecule has 0 spiro atoms. The van der Waals surface area contributed by atoms with Crippen molar-refractivity contribution < 1.29 is 9.90 Å². The van der Waals surface area contributed by atoms with Crippen LogP contribution in [0.2, 0.25) is 0 Å². The van der Waals surface area contributed by atoms with Crippen molar-refractivity contribution in [2.24, 2.45) is 5.92 Å². The number of rotatable bonds is 3. The maximum atomic E-state index is 10.9. The molecule has 0 radical (unpaired) electrons. The first-order valence-electron chi connectivity index (χ1n) is 5.33. The number of carboxylic acid groups (broad SMARTS) is 1. The van der Waals surface area contributed by atoms with Gasteiger partial charge in [-0.2, -0.15) is 0 Å². The SMILES string of the molecule is CC1CCC(SC(C)(C)C(=O)O)CC1. The molecule has 0 amide bonds. The van der Waals surface area contributed by atoms with Crippen LogP contribution in [0.25, 0.3) is 0 Å². The molecule has 1 fully saturated rings. The zero-order valence-electron chi connectivity index (χ0n) is 9.25. The molecule has 0 aromatic heterocycles. The molecule has 82 valence electrons. The molecule has 0 saturated heterocycles. The Hall–Kier alpha value is -0.180. The first-order valence-corrected chi connectivity index (χ1v) is 6.21. The number of hydrogen-bond acceptors (Lipinski definition) is 2. The maximum absolute atomic E-state index is 10.9. The van der Waals surface area contributed by atoms with Crippen molar-refractivity contribution >= 4 is 17.7 Å². The average Bonchev–Trinajstić information content (AvgIpc) is 2.08. The minimum absolute atomic E-state index is 0.553. The number of thioether (sulfide) groups is 1. The van der Waals surface area contributed by atoms with Crippen LogP contribution < -0.4 is 0 Å². The van der Waals surface area contributed by atoms with Crippen molar-refractivity contribution in [1.82, 2.24) is 0 Å². The predicted molar refractivity (Wildman–Crippen MR) is 60.7 cm³/mol. The smallest absolute Gasteiger partial charge is 0.319 e. The molecule has 1 aliphatic carbocycles. The van der Waals surface area contributed by atoms with Crippen LogP contribution >= 0.6 is 11.8 Å². The van der Waals surface area contributed by atoms with E-state index in [1.165, 1.54) is 25.7 Å². The third kappa shape index (κ3) is 3.19. The molecule has 0 unspecified atom stereocenters. The van der Waals surface area contributed by atoms with Gasteiger partial charge in [-0.1, -0.05) is 6.92 Å². The van der Waals surface area contributed by atoms with Crippen LogP contribution in [0.1, 0.15) is 46.5 Å². The van der Waals surface area contributed by atoms with E-state index in [-0.39, 0.29) is 0 Å². The summed E-state index contributed by atoms with van der Waals surface area (Å²) in [6.45, 7) is 5.89. The van der Waals surface area contributed by atoms with Crippen LogP contribution in [0.15, 0.2) is 0 Å². The van der Waals surface area contributed by atoms with Gasteiger partial charge in [0, 0.05) is 5.25 Å². The van der Waals surface area contributed by atoms with Gasteiger partial charge in [0.25, 0.3) is 0 Å². The third-order valence-electron chi connectivity index (χ3n) is 2.94. The molecule has 0 aromatic rings. The molecular formula is C11H20O2S. The molecule has 1 saturated carbocycles. The average molecular weight is 216 g/mol. The quantitative estimate of drug-likeness (QED) is 0.787. The van der Waals surface area contributed by atoms with E-state index in [0.29, 0.717) is 5.25 Å². The summed E-state index contributed by atoms with van der Waals surface area (Å²) in [7, 11) is 0. The monoisotopic (exact) mass is 216 g/mol. The van der Waals surface area contributed by atoms with Crippen LogP contribution in [0.5, 0.6) is 0 Å². The Morgan fingerprint density at radius 1 is 1.29 bits per heavy atom. The highest BCUT2D eigenvalue weighted by atomic mass is 32.2. The highest BCUT2D eigenvalue weighted by Gasteiger charge is 2.32. The van der Waals surface area contributed by atoms with Crippen molar-refractivity contribution in [1.29, 1.82) is 0 Å². The number of carboxylic acids is 1. The Kier molecular flexibility index (Phi) is 3.87. The van der Waals surface area contributed by atoms with Gasteiger partial charge in [0.2, 0.25) is 0 Å². The van der Waals surface area contributed by atoms with Gasteiger partial charge in [-0.15, -0.1) is 11.8 Å². The molecule has 0 aromatic carbocycles. The van der Waals surface area contributed by atoms with E-state index in [9.17, 15) is 4.79 Å². The Morgan fingerprint density at radius 2 is 1.79 bits per heavy atom. The van der Waals surface area contributed by atoms with Crippen LogP contribution in [-0.2, 0) is 4.79 Å². The van der Waals surface area contributed by atoms with Gasteiger partial charge in [0.05, 0.1) is 0 Å². The summed E-state index contributed by atoms with van der Waals surface area (Å²) in [6.07, 6.45) is 4.88. The lowest BCUT2D eigenvalue weighted by Gasteiger charge is -2.30. The van der Waals surface area contributed by atoms with Crippen LogP contribution in [0, 0.1) is 5.92 Å². The van der Waals surface area contributed by atoms with Crippen molar-refractivity contribution in [2.45, 2.75) is 56.5 Å². The number of aliphatic carboxylic acids is 1. The molecule has 0 heterocycles. The van der Waals surface area contributed by atoms with E-state index in [4.69, 9.17) is 5.11 Å². The van der Waals surface area contributed by atoms with Gasteiger partial charge in [-0.05, 0) is 45.4 Å². The summed E-state index contributed by atoms with van der Waals surface area (Å²) >= 11 is 1.63. The highest BCUT2D eigenvalue weighted by Crippen LogP contribution is 2.38. The normalized spacial score (nSPS) is 28.8. The maximum Gasteiger partial charge on any atom is 0.319 e. The fourth-order valence-electron chi connectivity index (χ4n) is 1.81. The second-order valence-corrected chi connectivity index (χ2v) is 6.74. The molecule has 1 rings (SSSR count). The second kappa shape index (κ2) is 4.56. The molecule has 14 heavy (non-hydrogen) atoms. The van der Waals surface area contributed by atoms with Gasteiger partial charge < -0.3 is 5.11 Å². The lowest BCUT2D eigenvalue weighted by atomic mass is 9.91. The lowest BCUT2D eigenvalue weighted by Crippen LogP contribution is -2.31. The molecule has 1 N–H and O–H groups in total. The van der Waals surface area contributed by atoms with Crippen molar-refractivity contribution in [2.75, 3.05) is 0 Å². The fraction of sp³-hybridized carbons (Fsp3) is 0.909. The Morgan fingerprint density at radius 3 is 2.21 bits per heavy atom. The minimum atomic E-state index is -0.693. The zero-order valence-corrected chi connectivity index (χ0v) is 10.1. The fourth-order valence-corrected chi connectivity index (χ4v) is 3.26. The van der Waals surface area contributed by atoms with Crippen LogP contribution in [-0.4, -0.2) is 21.1 Å². The topological polar surface area (TPSA) is 37.3 Å². The first-order chi connectivity index (χ1) is 6.42. The molecule has 0 aliphatic heterocycles. The van der Waals surface area contributed by atoms with Gasteiger partial charge in [-0.25, -0.2) is 0 Å². The van der Waals surface area contributed by atoms with Gasteiger partial charge in [0.15, 0.2) is 0 Å². The summed E-state index contributed by atoms with van der Waals surface area (Å²) < 4.78 is -0.620. The summed E-state index contributed by atoms with van der Waals surface area (Å²) in [6, 6.07) is 0. The molecule has 0 bridgehead atoms. The Bertz CT molecular complexity index is 205. The number of hydrogen-bond donors (Lipinski definition) is 1. The van der Waals surface area contributed by atoms with E-state index in [1.807, 2.05) is 0 Å². The van der Waals surface area contributed by atoms with Gasteiger partial charge in [0.1, 0.15) is 4.75 Å². The minimum Gasteiger partial charge on any atom is -0.480 e. The van der Waals surface area contributed by atoms with Crippen molar-refractivity contribution in [3.05, 3.63) is 0 Å². The molecular weight excluding hydrogens is 196 g/mol. The Labute approximate surface area is 90.5 Å². The van der Waals surface area contributed by atoms with Gasteiger partial charge >= 0.3 is 5.97 Å². The van der Waals surface area contributed by atoms with E-state index < -0.39 is 10.7 Å². The largest absolute Gasteiger partial charge is 0.480 e. The van der Waals surface area contributed by atoms with Crippen LogP contribution in [0.3, 0.4) is 0 Å².